The molecule has 20 heavy (non-hydrogen) atoms. The number of hydrogen-bond donors (Lipinski definition) is 1. The van der Waals surface area contributed by atoms with Gasteiger partial charge >= 0.3 is 0 Å². The van der Waals surface area contributed by atoms with Crippen LogP contribution in [0.1, 0.15) is 70.4 Å². The Morgan fingerprint density at radius 1 is 1.20 bits per heavy atom. The zero-order valence-corrected chi connectivity index (χ0v) is 14.4. The highest BCUT2D eigenvalue weighted by Gasteiger charge is 2.20. The first-order valence-electron chi connectivity index (χ1n) is 7.86. The van der Waals surface area contributed by atoms with E-state index in [-0.39, 0.29) is 5.54 Å². The lowest BCUT2D eigenvalue weighted by Crippen LogP contribution is -2.35. The van der Waals surface area contributed by atoms with Gasteiger partial charge in [0.2, 0.25) is 0 Å². The van der Waals surface area contributed by atoms with E-state index in [2.05, 4.69) is 44.8 Å². The molecule has 1 aliphatic rings. The lowest BCUT2D eigenvalue weighted by molar-refractivity contribution is 0.425. The predicted octanol–water partition coefficient (Wildman–Crippen LogP) is 4.14. The van der Waals surface area contributed by atoms with Crippen molar-refractivity contribution in [1.29, 1.82) is 0 Å². The van der Waals surface area contributed by atoms with E-state index in [1.807, 2.05) is 11.3 Å². The summed E-state index contributed by atoms with van der Waals surface area (Å²) in [5, 5.41) is 4.84. The zero-order valence-electron chi connectivity index (χ0n) is 13.6. The number of rotatable bonds is 4. The number of nitrogens with one attached hydrogen (secondary N) is 1. The number of nitrogens with zero attached hydrogens (tertiary/aromatic N) is 2. The summed E-state index contributed by atoms with van der Waals surface area (Å²) < 4.78 is 0. The molecule has 0 atom stereocenters. The molecule has 0 spiro atoms. The fraction of sp³-hybridized carbons (Fsp3) is 0.812. The standard InChI is InChI=1S/C16H29N3S/c1-12(2)14-13(11-17-16(3,4)5)20-15(18-14)19-9-7-6-8-10-19/h12,17H,6-11H2,1-5H3. The lowest BCUT2D eigenvalue weighted by Gasteiger charge is -2.25. The predicted molar refractivity (Wildman–Crippen MR) is 88.9 cm³/mol. The highest BCUT2D eigenvalue weighted by Crippen LogP contribution is 2.32. The smallest absolute Gasteiger partial charge is 0.185 e. The Labute approximate surface area is 127 Å². The number of hydrogen-bond acceptors (Lipinski definition) is 4. The molecule has 2 rings (SSSR count). The van der Waals surface area contributed by atoms with E-state index in [0.29, 0.717) is 5.92 Å². The van der Waals surface area contributed by atoms with E-state index in [0.717, 1.165) is 6.54 Å². The van der Waals surface area contributed by atoms with Crippen LogP contribution in [0, 0.1) is 0 Å². The minimum atomic E-state index is 0.156. The highest BCUT2D eigenvalue weighted by atomic mass is 32.1. The van der Waals surface area contributed by atoms with Crippen LogP contribution in [0.4, 0.5) is 5.13 Å². The number of anilines is 1. The SMILES string of the molecule is CC(C)c1nc(N2CCCCC2)sc1CNC(C)(C)C. The van der Waals surface area contributed by atoms with Gasteiger partial charge in [-0.3, -0.25) is 0 Å². The molecule has 0 aliphatic carbocycles. The minimum absolute atomic E-state index is 0.156. The third-order valence-electron chi connectivity index (χ3n) is 3.67. The second-order valence-corrected chi connectivity index (χ2v) is 8.17. The maximum atomic E-state index is 4.94. The topological polar surface area (TPSA) is 28.2 Å². The Balaban J connectivity index is 2.14. The number of thiazole rings is 1. The number of aromatic nitrogens is 1. The molecular weight excluding hydrogens is 266 g/mol. The zero-order chi connectivity index (χ0) is 14.8. The van der Waals surface area contributed by atoms with E-state index in [1.54, 1.807) is 0 Å². The van der Waals surface area contributed by atoms with Crippen molar-refractivity contribution >= 4 is 16.5 Å². The van der Waals surface area contributed by atoms with Gasteiger partial charge in [-0.1, -0.05) is 13.8 Å². The summed E-state index contributed by atoms with van der Waals surface area (Å²) in [5.41, 5.74) is 1.44. The lowest BCUT2D eigenvalue weighted by atomic mass is 10.1. The van der Waals surface area contributed by atoms with Crippen LogP contribution >= 0.6 is 11.3 Å². The van der Waals surface area contributed by atoms with Crippen LogP contribution in [0.3, 0.4) is 0 Å². The van der Waals surface area contributed by atoms with Crippen molar-refractivity contribution in [2.24, 2.45) is 0 Å². The van der Waals surface area contributed by atoms with Gasteiger partial charge in [-0.05, 0) is 46.0 Å². The molecule has 0 amide bonds. The maximum Gasteiger partial charge on any atom is 0.185 e. The minimum Gasteiger partial charge on any atom is -0.348 e. The number of piperidine rings is 1. The molecule has 0 radical (unpaired) electrons. The van der Waals surface area contributed by atoms with Crippen molar-refractivity contribution in [3.63, 3.8) is 0 Å². The Hall–Kier alpha value is -0.610. The van der Waals surface area contributed by atoms with Crippen LogP contribution in [0.25, 0.3) is 0 Å². The summed E-state index contributed by atoms with van der Waals surface area (Å²) in [6, 6.07) is 0. The van der Waals surface area contributed by atoms with Crippen molar-refractivity contribution in [3.05, 3.63) is 10.6 Å². The van der Waals surface area contributed by atoms with Crippen LogP contribution in [0.5, 0.6) is 0 Å². The van der Waals surface area contributed by atoms with Crippen LogP contribution in [0.15, 0.2) is 0 Å². The maximum absolute atomic E-state index is 4.94. The van der Waals surface area contributed by atoms with Crippen LogP contribution in [-0.4, -0.2) is 23.6 Å². The summed E-state index contributed by atoms with van der Waals surface area (Å²) in [6.45, 7) is 14.4. The third-order valence-corrected chi connectivity index (χ3v) is 4.80. The van der Waals surface area contributed by atoms with Gasteiger partial charge < -0.3 is 10.2 Å². The van der Waals surface area contributed by atoms with Gasteiger partial charge in [-0.25, -0.2) is 4.98 Å². The third kappa shape index (κ3) is 4.19. The van der Waals surface area contributed by atoms with Crippen molar-refractivity contribution in [2.75, 3.05) is 18.0 Å². The fourth-order valence-electron chi connectivity index (χ4n) is 2.49. The molecule has 0 aromatic carbocycles. The molecule has 3 nitrogen and oxygen atoms in total. The van der Waals surface area contributed by atoms with E-state index >= 15 is 0 Å². The van der Waals surface area contributed by atoms with E-state index in [1.165, 1.54) is 48.1 Å². The molecule has 114 valence electrons. The second kappa shape index (κ2) is 6.44. The van der Waals surface area contributed by atoms with Crippen molar-refractivity contribution in [2.45, 2.75) is 71.9 Å². The molecule has 0 bridgehead atoms. The van der Waals surface area contributed by atoms with Crippen LogP contribution in [0.2, 0.25) is 0 Å². The Morgan fingerprint density at radius 2 is 1.85 bits per heavy atom. The first-order chi connectivity index (χ1) is 9.37. The normalized spacial score (nSPS) is 17.0. The quantitative estimate of drug-likeness (QED) is 0.904. The first kappa shape index (κ1) is 15.8. The molecule has 1 aliphatic heterocycles. The monoisotopic (exact) mass is 295 g/mol. The summed E-state index contributed by atoms with van der Waals surface area (Å²) in [5.74, 6) is 0.501. The van der Waals surface area contributed by atoms with Gasteiger partial charge in [0.25, 0.3) is 0 Å². The van der Waals surface area contributed by atoms with Gasteiger partial charge in [0.15, 0.2) is 5.13 Å². The average molecular weight is 295 g/mol. The van der Waals surface area contributed by atoms with Crippen molar-refractivity contribution in [3.8, 4) is 0 Å². The molecule has 1 N–H and O–H groups in total. The van der Waals surface area contributed by atoms with E-state index < -0.39 is 0 Å². The fourth-order valence-corrected chi connectivity index (χ4v) is 3.70. The molecule has 1 aromatic heterocycles. The van der Waals surface area contributed by atoms with Gasteiger partial charge in [0, 0.05) is 30.1 Å². The largest absolute Gasteiger partial charge is 0.348 e. The Morgan fingerprint density at radius 3 is 2.40 bits per heavy atom. The van der Waals surface area contributed by atoms with Gasteiger partial charge in [0.1, 0.15) is 0 Å². The summed E-state index contributed by atoms with van der Waals surface area (Å²) >= 11 is 1.89. The van der Waals surface area contributed by atoms with Gasteiger partial charge in [-0.15, -0.1) is 11.3 Å². The molecule has 2 heterocycles. The Kier molecular flexibility index (Phi) is 5.08. The van der Waals surface area contributed by atoms with Crippen LogP contribution in [-0.2, 0) is 6.54 Å². The van der Waals surface area contributed by atoms with Gasteiger partial charge in [0.05, 0.1) is 5.69 Å². The summed E-state index contributed by atoms with van der Waals surface area (Å²) in [7, 11) is 0. The molecule has 4 heteroatoms. The highest BCUT2D eigenvalue weighted by molar-refractivity contribution is 7.15. The summed E-state index contributed by atoms with van der Waals surface area (Å²) in [6.07, 6.45) is 4.00. The van der Waals surface area contributed by atoms with Crippen molar-refractivity contribution in [1.82, 2.24) is 10.3 Å². The van der Waals surface area contributed by atoms with Crippen LogP contribution < -0.4 is 10.2 Å². The second-order valence-electron chi connectivity index (χ2n) is 7.11. The van der Waals surface area contributed by atoms with Gasteiger partial charge in [-0.2, -0.15) is 0 Å². The van der Waals surface area contributed by atoms with Crippen molar-refractivity contribution < 1.29 is 0 Å². The molecule has 1 aromatic rings. The average Bonchev–Trinajstić information content (AvgIpc) is 2.81. The molecular formula is C16H29N3S. The Bertz CT molecular complexity index is 425. The first-order valence-corrected chi connectivity index (χ1v) is 8.68. The molecule has 0 unspecified atom stereocenters. The molecule has 1 saturated heterocycles. The van der Waals surface area contributed by atoms with E-state index in [4.69, 9.17) is 4.98 Å². The summed E-state index contributed by atoms with van der Waals surface area (Å²) in [4.78, 5) is 8.82. The molecule has 0 saturated carbocycles. The molecule has 1 fully saturated rings. The van der Waals surface area contributed by atoms with E-state index in [9.17, 15) is 0 Å².